The number of hydrogen-bond donors (Lipinski definition) is 1. The smallest absolute Gasteiger partial charge is 0.314 e. The molecule has 3 nitrogen and oxygen atoms in total. The van der Waals surface area contributed by atoms with Gasteiger partial charge in [-0.25, -0.2) is 0 Å². The molecule has 1 rings (SSSR count). The van der Waals surface area contributed by atoms with Gasteiger partial charge in [-0.3, -0.25) is 9.59 Å². The van der Waals surface area contributed by atoms with Crippen LogP contribution in [-0.2, 0) is 9.59 Å². The lowest BCUT2D eigenvalue weighted by molar-refractivity contribution is -0.146. The van der Waals surface area contributed by atoms with E-state index < -0.39 is 11.9 Å². The lowest BCUT2D eigenvalue weighted by Gasteiger charge is -2.06. The van der Waals surface area contributed by atoms with E-state index >= 15 is 0 Å². The summed E-state index contributed by atoms with van der Waals surface area (Å²) in [6, 6.07) is 0. The Bertz CT molecular complexity index is 240. The summed E-state index contributed by atoms with van der Waals surface area (Å²) in [5, 5.41) is 8.70. The Morgan fingerprint density at radius 3 is 2.92 bits per heavy atom. The Kier molecular flexibility index (Phi) is 2.63. The van der Waals surface area contributed by atoms with E-state index in [1.807, 2.05) is 13.0 Å². The Morgan fingerprint density at radius 2 is 2.33 bits per heavy atom. The van der Waals surface area contributed by atoms with E-state index in [2.05, 4.69) is 0 Å². The first-order valence-electron chi connectivity index (χ1n) is 4.02. The summed E-state index contributed by atoms with van der Waals surface area (Å²) < 4.78 is 0. The first-order chi connectivity index (χ1) is 5.61. The van der Waals surface area contributed by atoms with Crippen LogP contribution >= 0.6 is 0 Å². The SMILES string of the molecule is CC1=CCCC(=O)C(C(=O)O)C1. The van der Waals surface area contributed by atoms with E-state index in [0.717, 1.165) is 5.57 Å². The van der Waals surface area contributed by atoms with Gasteiger partial charge >= 0.3 is 5.97 Å². The normalized spacial score (nSPS) is 24.6. The summed E-state index contributed by atoms with van der Waals surface area (Å²) in [6.45, 7) is 1.87. The molecule has 0 bridgehead atoms. The van der Waals surface area contributed by atoms with Gasteiger partial charge in [0.1, 0.15) is 11.7 Å². The van der Waals surface area contributed by atoms with Gasteiger partial charge in [-0.2, -0.15) is 0 Å². The molecule has 1 atom stereocenters. The molecule has 0 aromatic carbocycles. The number of carbonyl (C=O) groups excluding carboxylic acids is 1. The fourth-order valence-corrected chi connectivity index (χ4v) is 1.38. The maximum Gasteiger partial charge on any atom is 0.314 e. The minimum Gasteiger partial charge on any atom is -0.481 e. The Morgan fingerprint density at radius 1 is 1.67 bits per heavy atom. The monoisotopic (exact) mass is 168 g/mol. The lowest BCUT2D eigenvalue weighted by Crippen LogP contribution is -2.22. The molecule has 0 radical (unpaired) electrons. The zero-order valence-corrected chi connectivity index (χ0v) is 7.04. The second-order valence-electron chi connectivity index (χ2n) is 3.15. The van der Waals surface area contributed by atoms with E-state index in [-0.39, 0.29) is 5.78 Å². The number of carboxylic acid groups (broad SMARTS) is 1. The molecule has 0 saturated carbocycles. The molecule has 0 fully saturated rings. The number of aliphatic carboxylic acids is 1. The average Bonchev–Trinajstić information content (AvgIpc) is 2.13. The standard InChI is InChI=1S/C9H12O3/c1-6-3-2-4-8(10)7(5-6)9(11)12/h3,7H,2,4-5H2,1H3,(H,11,12). The first-order valence-corrected chi connectivity index (χ1v) is 4.02. The van der Waals surface area contributed by atoms with Crippen molar-refractivity contribution in [1.29, 1.82) is 0 Å². The van der Waals surface area contributed by atoms with Crippen molar-refractivity contribution >= 4 is 11.8 Å². The van der Waals surface area contributed by atoms with E-state index in [1.165, 1.54) is 0 Å². The number of carboxylic acids is 1. The van der Waals surface area contributed by atoms with Crippen molar-refractivity contribution < 1.29 is 14.7 Å². The minimum absolute atomic E-state index is 0.143. The van der Waals surface area contributed by atoms with Crippen molar-refractivity contribution in [3.63, 3.8) is 0 Å². The molecule has 0 spiro atoms. The fourth-order valence-electron chi connectivity index (χ4n) is 1.38. The third kappa shape index (κ3) is 1.94. The molecule has 12 heavy (non-hydrogen) atoms. The highest BCUT2D eigenvalue weighted by atomic mass is 16.4. The fraction of sp³-hybridized carbons (Fsp3) is 0.556. The van der Waals surface area contributed by atoms with Crippen LogP contribution in [0.15, 0.2) is 11.6 Å². The highest BCUT2D eigenvalue weighted by Crippen LogP contribution is 2.20. The molecular weight excluding hydrogens is 156 g/mol. The molecule has 1 unspecified atom stereocenters. The molecule has 66 valence electrons. The topological polar surface area (TPSA) is 54.4 Å². The predicted molar refractivity (Wildman–Crippen MR) is 43.7 cm³/mol. The van der Waals surface area contributed by atoms with Gasteiger partial charge in [-0.1, -0.05) is 11.6 Å². The third-order valence-electron chi connectivity index (χ3n) is 2.10. The summed E-state index contributed by atoms with van der Waals surface area (Å²) in [6.07, 6.45) is 3.39. The van der Waals surface area contributed by atoms with Gasteiger partial charge in [0, 0.05) is 6.42 Å². The van der Waals surface area contributed by atoms with Crippen molar-refractivity contribution in [3.05, 3.63) is 11.6 Å². The molecule has 0 aromatic heterocycles. The van der Waals surface area contributed by atoms with Crippen LogP contribution in [0.1, 0.15) is 26.2 Å². The highest BCUT2D eigenvalue weighted by Gasteiger charge is 2.26. The highest BCUT2D eigenvalue weighted by molar-refractivity contribution is 5.98. The van der Waals surface area contributed by atoms with Crippen LogP contribution in [-0.4, -0.2) is 16.9 Å². The molecule has 1 N–H and O–H groups in total. The molecular formula is C9H12O3. The van der Waals surface area contributed by atoms with Gasteiger partial charge in [-0.05, 0) is 19.8 Å². The molecule has 1 aliphatic carbocycles. The molecule has 0 saturated heterocycles. The van der Waals surface area contributed by atoms with Gasteiger partial charge in [0.25, 0.3) is 0 Å². The molecule has 0 aromatic rings. The maximum absolute atomic E-state index is 11.2. The van der Waals surface area contributed by atoms with Crippen molar-refractivity contribution in [2.75, 3.05) is 0 Å². The van der Waals surface area contributed by atoms with Crippen LogP contribution in [0.25, 0.3) is 0 Å². The van der Waals surface area contributed by atoms with E-state index in [1.54, 1.807) is 0 Å². The van der Waals surface area contributed by atoms with Gasteiger partial charge in [-0.15, -0.1) is 0 Å². The van der Waals surface area contributed by atoms with Crippen molar-refractivity contribution in [1.82, 2.24) is 0 Å². The minimum atomic E-state index is -0.991. The number of rotatable bonds is 1. The van der Waals surface area contributed by atoms with Crippen molar-refractivity contribution in [2.24, 2.45) is 5.92 Å². The van der Waals surface area contributed by atoms with Gasteiger partial charge in [0.2, 0.25) is 0 Å². The van der Waals surface area contributed by atoms with Crippen LogP contribution in [0.4, 0.5) is 0 Å². The van der Waals surface area contributed by atoms with E-state index in [9.17, 15) is 9.59 Å². The van der Waals surface area contributed by atoms with E-state index in [0.29, 0.717) is 19.3 Å². The van der Waals surface area contributed by atoms with Crippen LogP contribution in [0.3, 0.4) is 0 Å². The molecule has 1 aliphatic rings. The molecule has 0 amide bonds. The zero-order chi connectivity index (χ0) is 9.14. The Labute approximate surface area is 71.1 Å². The van der Waals surface area contributed by atoms with Crippen LogP contribution in [0.2, 0.25) is 0 Å². The Hall–Kier alpha value is -1.12. The van der Waals surface area contributed by atoms with E-state index in [4.69, 9.17) is 5.11 Å². The molecule has 3 heteroatoms. The maximum atomic E-state index is 11.2. The summed E-state index contributed by atoms with van der Waals surface area (Å²) in [4.78, 5) is 21.8. The van der Waals surface area contributed by atoms with Gasteiger partial charge in [0.05, 0.1) is 0 Å². The molecule has 0 heterocycles. The average molecular weight is 168 g/mol. The summed E-state index contributed by atoms with van der Waals surface area (Å²) in [5.41, 5.74) is 1.01. The number of hydrogen-bond acceptors (Lipinski definition) is 2. The number of carbonyl (C=O) groups is 2. The predicted octanol–water partition coefficient (Wildman–Crippen LogP) is 1.39. The second kappa shape index (κ2) is 3.52. The Balaban J connectivity index is 2.76. The second-order valence-corrected chi connectivity index (χ2v) is 3.15. The third-order valence-corrected chi connectivity index (χ3v) is 2.10. The first kappa shape index (κ1) is 8.97. The van der Waals surface area contributed by atoms with Crippen LogP contribution < -0.4 is 0 Å². The summed E-state index contributed by atoms with van der Waals surface area (Å²) in [7, 11) is 0. The number of allylic oxidation sites excluding steroid dienone is 2. The van der Waals surface area contributed by atoms with Gasteiger partial charge < -0.3 is 5.11 Å². The van der Waals surface area contributed by atoms with Crippen LogP contribution in [0.5, 0.6) is 0 Å². The van der Waals surface area contributed by atoms with Crippen molar-refractivity contribution in [3.8, 4) is 0 Å². The lowest BCUT2D eigenvalue weighted by atomic mass is 9.97. The number of Topliss-reactive ketones (excluding diaryl/α,β-unsaturated/α-hetero) is 1. The largest absolute Gasteiger partial charge is 0.481 e. The van der Waals surface area contributed by atoms with Crippen LogP contribution in [0, 0.1) is 5.92 Å². The summed E-state index contributed by atoms with van der Waals surface area (Å²) in [5.74, 6) is -1.94. The zero-order valence-electron chi connectivity index (χ0n) is 7.04. The van der Waals surface area contributed by atoms with Crippen molar-refractivity contribution in [2.45, 2.75) is 26.2 Å². The summed E-state index contributed by atoms with van der Waals surface area (Å²) >= 11 is 0. The number of ketones is 1. The quantitative estimate of drug-likeness (QED) is 0.475. The molecule has 0 aliphatic heterocycles. The van der Waals surface area contributed by atoms with Gasteiger partial charge in [0.15, 0.2) is 0 Å².